The molecule has 0 fully saturated rings. The Morgan fingerprint density at radius 3 is 2.64 bits per heavy atom. The number of methoxy groups -OCH3 is 1. The highest BCUT2D eigenvalue weighted by molar-refractivity contribution is 6.05. The van der Waals surface area contributed by atoms with Gasteiger partial charge in [-0.05, 0) is 48.9 Å². The molecule has 2 heterocycles. The van der Waals surface area contributed by atoms with E-state index < -0.39 is 0 Å². The molecule has 33 heavy (non-hydrogen) atoms. The second-order valence-corrected chi connectivity index (χ2v) is 7.59. The molecule has 1 N–H and O–H groups in total. The van der Waals surface area contributed by atoms with Crippen LogP contribution in [0, 0.1) is 0 Å². The molecule has 4 rings (SSSR count). The minimum Gasteiger partial charge on any atom is -0.497 e. The summed E-state index contributed by atoms with van der Waals surface area (Å²) in [5.41, 5.74) is 4.04. The van der Waals surface area contributed by atoms with Crippen molar-refractivity contribution in [3.63, 3.8) is 0 Å². The maximum Gasteiger partial charge on any atom is 0.259 e. The van der Waals surface area contributed by atoms with Gasteiger partial charge in [-0.3, -0.25) is 14.8 Å². The van der Waals surface area contributed by atoms with Gasteiger partial charge in [-0.1, -0.05) is 24.3 Å². The van der Waals surface area contributed by atoms with E-state index in [9.17, 15) is 4.79 Å². The molecule has 1 unspecified atom stereocenters. The van der Waals surface area contributed by atoms with Gasteiger partial charge in [-0.15, -0.1) is 0 Å². The van der Waals surface area contributed by atoms with Gasteiger partial charge in [-0.25, -0.2) is 4.98 Å². The van der Waals surface area contributed by atoms with Crippen LogP contribution in [0.4, 0.5) is 11.5 Å². The smallest absolute Gasteiger partial charge is 0.259 e. The van der Waals surface area contributed by atoms with Crippen LogP contribution < -0.4 is 15.0 Å². The predicted molar refractivity (Wildman–Crippen MR) is 129 cm³/mol. The number of carbonyl (C=O) groups excluding carboxylic acids is 1. The van der Waals surface area contributed by atoms with Crippen LogP contribution in [0.1, 0.15) is 28.9 Å². The molecule has 2 aromatic heterocycles. The van der Waals surface area contributed by atoms with Gasteiger partial charge in [0, 0.05) is 30.7 Å². The summed E-state index contributed by atoms with van der Waals surface area (Å²) in [5, 5.41) is 3.41. The Morgan fingerprint density at radius 1 is 1.00 bits per heavy atom. The molecule has 0 aliphatic carbocycles. The maximum absolute atomic E-state index is 12.8. The van der Waals surface area contributed by atoms with Crippen LogP contribution in [-0.2, 0) is 0 Å². The third-order valence-electron chi connectivity index (χ3n) is 5.34. The van der Waals surface area contributed by atoms with E-state index in [0.29, 0.717) is 11.4 Å². The van der Waals surface area contributed by atoms with Gasteiger partial charge in [0.1, 0.15) is 11.6 Å². The van der Waals surface area contributed by atoms with Gasteiger partial charge in [0.25, 0.3) is 5.91 Å². The van der Waals surface area contributed by atoms with E-state index in [-0.39, 0.29) is 11.9 Å². The van der Waals surface area contributed by atoms with Crippen molar-refractivity contribution in [2.24, 2.45) is 0 Å². The Hall–Kier alpha value is -4.26. The molecule has 4 aromatic rings. The summed E-state index contributed by atoms with van der Waals surface area (Å²) >= 11 is 0. The fraction of sp³-hybridized carbons (Fsp3) is 0.154. The van der Waals surface area contributed by atoms with Crippen molar-refractivity contribution in [1.82, 2.24) is 15.0 Å². The average Bonchev–Trinajstić information content (AvgIpc) is 2.88. The number of ether oxygens (including phenoxy) is 1. The standard InChI is InChI=1S/C26H25N5O2/c1-18(29-25-17-28-16-24(30-25)20-8-5-11-23(14-20)33-3)19-7-4-10-22(13-19)31(2)26(32)21-9-6-12-27-15-21/h4-18H,1-3H3,(H,29,30). The number of aromatic nitrogens is 3. The van der Waals surface area contributed by atoms with Crippen LogP contribution in [0.25, 0.3) is 11.3 Å². The summed E-state index contributed by atoms with van der Waals surface area (Å²) in [6.07, 6.45) is 6.64. The number of anilines is 2. The fourth-order valence-corrected chi connectivity index (χ4v) is 3.47. The first kappa shape index (κ1) is 22.0. The Kier molecular flexibility index (Phi) is 6.59. The molecule has 0 aliphatic heterocycles. The molecule has 1 atom stereocenters. The van der Waals surface area contributed by atoms with Crippen molar-refractivity contribution in [2.75, 3.05) is 24.4 Å². The highest BCUT2D eigenvalue weighted by atomic mass is 16.5. The lowest BCUT2D eigenvalue weighted by Gasteiger charge is -2.20. The van der Waals surface area contributed by atoms with Gasteiger partial charge >= 0.3 is 0 Å². The normalized spacial score (nSPS) is 11.5. The zero-order valence-corrected chi connectivity index (χ0v) is 18.8. The molecule has 7 heteroatoms. The molecule has 0 radical (unpaired) electrons. The van der Waals surface area contributed by atoms with E-state index in [2.05, 4.69) is 15.3 Å². The molecule has 0 aliphatic rings. The number of benzene rings is 2. The molecule has 1 amide bonds. The molecule has 7 nitrogen and oxygen atoms in total. The van der Waals surface area contributed by atoms with Crippen molar-refractivity contribution in [3.05, 3.63) is 96.6 Å². The second-order valence-electron chi connectivity index (χ2n) is 7.59. The number of pyridine rings is 1. The van der Waals surface area contributed by atoms with E-state index >= 15 is 0 Å². The van der Waals surface area contributed by atoms with E-state index in [1.807, 2.05) is 55.5 Å². The molecular weight excluding hydrogens is 414 g/mol. The summed E-state index contributed by atoms with van der Waals surface area (Å²) in [6, 6.07) is 19.0. The lowest BCUT2D eigenvalue weighted by atomic mass is 10.1. The second kappa shape index (κ2) is 9.91. The third kappa shape index (κ3) is 5.15. The lowest BCUT2D eigenvalue weighted by Crippen LogP contribution is -2.26. The number of hydrogen-bond donors (Lipinski definition) is 1. The summed E-state index contributed by atoms with van der Waals surface area (Å²) < 4.78 is 5.31. The number of rotatable bonds is 7. The van der Waals surface area contributed by atoms with Crippen LogP contribution in [0.2, 0.25) is 0 Å². The molecule has 0 bridgehead atoms. The molecule has 166 valence electrons. The Morgan fingerprint density at radius 2 is 1.85 bits per heavy atom. The topological polar surface area (TPSA) is 80.2 Å². The van der Waals surface area contributed by atoms with Gasteiger partial charge in [0.05, 0.1) is 36.8 Å². The SMILES string of the molecule is COc1cccc(-c2cncc(NC(C)c3cccc(N(C)C(=O)c4cccnc4)c3)n2)c1. The van der Waals surface area contributed by atoms with E-state index in [4.69, 9.17) is 9.72 Å². The summed E-state index contributed by atoms with van der Waals surface area (Å²) in [4.78, 5) is 27.5. The number of carbonyl (C=O) groups is 1. The predicted octanol–water partition coefficient (Wildman–Crippen LogP) is 5.00. The van der Waals surface area contributed by atoms with Gasteiger partial charge < -0.3 is 15.0 Å². The first-order chi connectivity index (χ1) is 16.0. The molecular formula is C26H25N5O2. The summed E-state index contributed by atoms with van der Waals surface area (Å²) in [6.45, 7) is 2.04. The number of nitrogens with one attached hydrogen (secondary N) is 1. The highest BCUT2D eigenvalue weighted by Gasteiger charge is 2.15. The quantitative estimate of drug-likeness (QED) is 0.437. The first-order valence-corrected chi connectivity index (χ1v) is 10.6. The van der Waals surface area contributed by atoms with Crippen LogP contribution in [0.15, 0.2) is 85.5 Å². The van der Waals surface area contributed by atoms with Crippen molar-refractivity contribution < 1.29 is 9.53 Å². The van der Waals surface area contributed by atoms with Crippen molar-refractivity contribution in [3.8, 4) is 17.0 Å². The fourth-order valence-electron chi connectivity index (χ4n) is 3.47. The first-order valence-electron chi connectivity index (χ1n) is 10.6. The van der Waals surface area contributed by atoms with Crippen molar-refractivity contribution >= 4 is 17.4 Å². The minimum atomic E-state index is -0.113. The molecule has 2 aromatic carbocycles. The van der Waals surface area contributed by atoms with Gasteiger partial charge in [0.15, 0.2) is 0 Å². The molecule has 0 spiro atoms. The number of hydrogen-bond acceptors (Lipinski definition) is 6. The lowest BCUT2D eigenvalue weighted by molar-refractivity contribution is 0.0992. The summed E-state index contributed by atoms with van der Waals surface area (Å²) in [5.74, 6) is 1.31. The molecule has 0 saturated heterocycles. The maximum atomic E-state index is 12.8. The van der Waals surface area contributed by atoms with Crippen LogP contribution in [-0.4, -0.2) is 35.0 Å². The van der Waals surface area contributed by atoms with Crippen LogP contribution in [0.3, 0.4) is 0 Å². The van der Waals surface area contributed by atoms with E-state index in [0.717, 1.165) is 28.3 Å². The monoisotopic (exact) mass is 439 g/mol. The largest absolute Gasteiger partial charge is 0.497 e. The van der Waals surface area contributed by atoms with Gasteiger partial charge in [0.2, 0.25) is 0 Å². The summed E-state index contributed by atoms with van der Waals surface area (Å²) in [7, 11) is 3.40. The van der Waals surface area contributed by atoms with Crippen LogP contribution in [0.5, 0.6) is 5.75 Å². The molecule has 0 saturated carbocycles. The Labute approximate surface area is 193 Å². The van der Waals surface area contributed by atoms with Crippen LogP contribution >= 0.6 is 0 Å². The zero-order valence-electron chi connectivity index (χ0n) is 18.8. The number of amides is 1. The van der Waals surface area contributed by atoms with Crippen molar-refractivity contribution in [2.45, 2.75) is 13.0 Å². The highest BCUT2D eigenvalue weighted by Crippen LogP contribution is 2.26. The van der Waals surface area contributed by atoms with Gasteiger partial charge in [-0.2, -0.15) is 0 Å². The average molecular weight is 440 g/mol. The zero-order chi connectivity index (χ0) is 23.2. The Bertz CT molecular complexity index is 1250. The van der Waals surface area contributed by atoms with E-state index in [1.54, 1.807) is 56.0 Å². The third-order valence-corrected chi connectivity index (χ3v) is 5.34. The minimum absolute atomic E-state index is 0.0540. The Balaban J connectivity index is 1.51. The van der Waals surface area contributed by atoms with E-state index in [1.165, 1.54) is 0 Å². The number of nitrogens with zero attached hydrogens (tertiary/aromatic N) is 4. The van der Waals surface area contributed by atoms with Crippen molar-refractivity contribution in [1.29, 1.82) is 0 Å².